The maximum atomic E-state index is 13.0. The number of carbonyl (C=O) groups excluding carboxylic acids is 2. The van der Waals surface area contributed by atoms with E-state index in [-0.39, 0.29) is 39.4 Å². The van der Waals surface area contributed by atoms with Crippen LogP contribution < -0.4 is 10.5 Å². The molecule has 0 amide bonds. The molecule has 0 bridgehead atoms. The second-order valence-electron chi connectivity index (χ2n) is 7.26. The number of ketones is 2. The number of carbonyl (C=O) groups is 2. The number of halogens is 1. The topological polar surface area (TPSA) is 89.6 Å². The summed E-state index contributed by atoms with van der Waals surface area (Å²) in [6.45, 7) is 2.14. The largest absolute Gasteiger partial charge is 0.507 e. The van der Waals surface area contributed by atoms with Gasteiger partial charge in [0.1, 0.15) is 11.5 Å². The van der Waals surface area contributed by atoms with E-state index < -0.39 is 11.6 Å². The number of unbranched alkanes of at least 4 members (excludes halogenated alkanes) is 1. The highest BCUT2D eigenvalue weighted by Crippen LogP contribution is 2.42. The van der Waals surface area contributed by atoms with Crippen molar-refractivity contribution in [2.24, 2.45) is 0 Å². The van der Waals surface area contributed by atoms with Crippen LogP contribution in [-0.2, 0) is 6.42 Å². The van der Waals surface area contributed by atoms with Crippen molar-refractivity contribution >= 4 is 28.9 Å². The van der Waals surface area contributed by atoms with E-state index in [0.29, 0.717) is 10.8 Å². The van der Waals surface area contributed by atoms with Gasteiger partial charge in [0.15, 0.2) is 17.3 Å². The standard InChI is InChI=1S/C24H20ClNO4/c1-2-3-4-13-5-8-15(9-6-13)30-19-12-18(27)20-21(22(19)26)23(28)16-10-7-14(25)11-17(16)24(20)29/h5-12,27H,2-4,26H2,1H3. The first-order valence-corrected chi connectivity index (χ1v) is 10.1. The van der Waals surface area contributed by atoms with Gasteiger partial charge in [-0.1, -0.05) is 37.1 Å². The summed E-state index contributed by atoms with van der Waals surface area (Å²) in [6.07, 6.45) is 3.21. The van der Waals surface area contributed by atoms with Crippen LogP contribution in [0.4, 0.5) is 5.69 Å². The second kappa shape index (κ2) is 7.84. The molecule has 3 aromatic rings. The van der Waals surface area contributed by atoms with Crippen LogP contribution in [0.2, 0.25) is 5.02 Å². The number of phenols is 1. The molecule has 3 N–H and O–H groups in total. The lowest BCUT2D eigenvalue weighted by Gasteiger charge is -2.22. The summed E-state index contributed by atoms with van der Waals surface area (Å²) >= 11 is 5.97. The molecule has 0 spiro atoms. The molecule has 5 nitrogen and oxygen atoms in total. The van der Waals surface area contributed by atoms with Gasteiger partial charge in [-0.3, -0.25) is 9.59 Å². The molecule has 0 saturated carbocycles. The normalized spacial score (nSPS) is 12.5. The molecule has 0 aromatic heterocycles. The van der Waals surface area contributed by atoms with E-state index in [1.54, 1.807) is 0 Å². The quantitative estimate of drug-likeness (QED) is 0.326. The number of phenolic OH excluding ortho intramolecular Hbond substituents is 1. The maximum Gasteiger partial charge on any atom is 0.198 e. The molecule has 0 saturated heterocycles. The lowest BCUT2D eigenvalue weighted by molar-refractivity contribution is 0.0977. The zero-order chi connectivity index (χ0) is 21.4. The Morgan fingerprint density at radius 3 is 2.37 bits per heavy atom. The number of benzene rings is 3. The van der Waals surface area contributed by atoms with Crippen LogP contribution in [0, 0.1) is 0 Å². The molecule has 3 aromatic carbocycles. The molecule has 30 heavy (non-hydrogen) atoms. The Morgan fingerprint density at radius 2 is 1.67 bits per heavy atom. The molecular formula is C24H20ClNO4. The van der Waals surface area contributed by atoms with Gasteiger partial charge in [0.2, 0.25) is 0 Å². The van der Waals surface area contributed by atoms with E-state index in [1.807, 2.05) is 24.3 Å². The van der Waals surface area contributed by atoms with E-state index in [1.165, 1.54) is 29.8 Å². The van der Waals surface area contributed by atoms with Crippen molar-refractivity contribution in [2.45, 2.75) is 26.2 Å². The van der Waals surface area contributed by atoms with Gasteiger partial charge in [0.25, 0.3) is 0 Å². The van der Waals surface area contributed by atoms with E-state index in [4.69, 9.17) is 22.1 Å². The fourth-order valence-electron chi connectivity index (χ4n) is 3.61. The van der Waals surface area contributed by atoms with Crippen molar-refractivity contribution in [1.82, 2.24) is 0 Å². The number of nitrogen functional groups attached to an aromatic ring is 1. The summed E-state index contributed by atoms with van der Waals surface area (Å²) in [7, 11) is 0. The molecule has 0 atom stereocenters. The highest BCUT2D eigenvalue weighted by molar-refractivity contribution is 6.34. The number of ether oxygens (including phenoxy) is 1. The Hall–Kier alpha value is -3.31. The smallest absolute Gasteiger partial charge is 0.198 e. The SMILES string of the molecule is CCCCc1ccc(Oc2cc(O)c3c(c2N)C(=O)c2ccc(Cl)cc2C3=O)cc1. The number of hydrogen-bond donors (Lipinski definition) is 2. The molecule has 0 aliphatic heterocycles. The summed E-state index contributed by atoms with van der Waals surface area (Å²) in [4.78, 5) is 26.0. The average molecular weight is 422 g/mol. The number of anilines is 1. The Balaban J connectivity index is 1.72. The third-order valence-corrected chi connectivity index (χ3v) is 5.44. The van der Waals surface area contributed by atoms with Crippen LogP contribution in [0.15, 0.2) is 48.5 Å². The van der Waals surface area contributed by atoms with Crippen molar-refractivity contribution in [2.75, 3.05) is 5.73 Å². The minimum Gasteiger partial charge on any atom is -0.507 e. The van der Waals surface area contributed by atoms with E-state index in [2.05, 4.69) is 6.92 Å². The van der Waals surface area contributed by atoms with Crippen LogP contribution in [0.3, 0.4) is 0 Å². The average Bonchev–Trinajstić information content (AvgIpc) is 2.73. The van der Waals surface area contributed by atoms with Gasteiger partial charge in [0, 0.05) is 22.2 Å². The van der Waals surface area contributed by atoms with Crippen LogP contribution in [0.25, 0.3) is 0 Å². The Kier molecular flexibility index (Phi) is 5.22. The molecule has 0 radical (unpaired) electrons. The molecule has 152 valence electrons. The van der Waals surface area contributed by atoms with E-state index in [9.17, 15) is 14.7 Å². The summed E-state index contributed by atoms with van der Waals surface area (Å²) in [5.74, 6) is -0.686. The number of aryl methyl sites for hydroxylation is 1. The van der Waals surface area contributed by atoms with Gasteiger partial charge in [-0.25, -0.2) is 0 Å². The minimum absolute atomic E-state index is 0.0109. The molecule has 1 aliphatic carbocycles. The van der Waals surface area contributed by atoms with Crippen molar-refractivity contribution < 1.29 is 19.4 Å². The zero-order valence-electron chi connectivity index (χ0n) is 16.4. The lowest BCUT2D eigenvalue weighted by atomic mass is 9.82. The monoisotopic (exact) mass is 421 g/mol. The summed E-state index contributed by atoms with van der Waals surface area (Å²) in [5.41, 5.74) is 7.59. The summed E-state index contributed by atoms with van der Waals surface area (Å²) in [5, 5.41) is 10.8. The highest BCUT2D eigenvalue weighted by atomic mass is 35.5. The Bertz CT molecular complexity index is 1170. The van der Waals surface area contributed by atoms with E-state index >= 15 is 0 Å². The first kappa shape index (κ1) is 20.0. The highest BCUT2D eigenvalue weighted by Gasteiger charge is 2.35. The van der Waals surface area contributed by atoms with Gasteiger partial charge in [-0.2, -0.15) is 0 Å². The molecule has 0 unspecified atom stereocenters. The Labute approximate surface area is 179 Å². The van der Waals surface area contributed by atoms with Gasteiger partial charge in [-0.05, 0) is 48.7 Å². The number of fused-ring (bicyclic) bond motifs is 2. The van der Waals surface area contributed by atoms with Gasteiger partial charge in [-0.15, -0.1) is 0 Å². The van der Waals surface area contributed by atoms with Crippen LogP contribution in [0.1, 0.15) is 57.2 Å². The molecule has 6 heteroatoms. The summed E-state index contributed by atoms with van der Waals surface area (Å²) < 4.78 is 5.84. The van der Waals surface area contributed by atoms with Gasteiger partial charge < -0.3 is 15.6 Å². The zero-order valence-corrected chi connectivity index (χ0v) is 17.1. The van der Waals surface area contributed by atoms with Gasteiger partial charge >= 0.3 is 0 Å². The third-order valence-electron chi connectivity index (χ3n) is 5.20. The number of aromatic hydroxyl groups is 1. The molecule has 0 fully saturated rings. The molecular weight excluding hydrogens is 402 g/mol. The summed E-state index contributed by atoms with van der Waals surface area (Å²) in [6, 6.07) is 13.3. The molecule has 4 rings (SSSR count). The third kappa shape index (κ3) is 3.42. The van der Waals surface area contributed by atoms with Crippen molar-refractivity contribution in [3.05, 3.63) is 81.4 Å². The van der Waals surface area contributed by atoms with Gasteiger partial charge in [0.05, 0.1) is 16.8 Å². The number of rotatable bonds is 5. The van der Waals surface area contributed by atoms with Crippen LogP contribution in [-0.4, -0.2) is 16.7 Å². The lowest BCUT2D eigenvalue weighted by Crippen LogP contribution is -2.22. The number of hydrogen-bond acceptors (Lipinski definition) is 5. The second-order valence-corrected chi connectivity index (χ2v) is 7.69. The van der Waals surface area contributed by atoms with E-state index in [0.717, 1.165) is 19.3 Å². The molecule has 1 aliphatic rings. The van der Waals surface area contributed by atoms with Crippen molar-refractivity contribution in [3.8, 4) is 17.2 Å². The fourth-order valence-corrected chi connectivity index (χ4v) is 3.79. The first-order valence-electron chi connectivity index (χ1n) is 9.72. The predicted molar refractivity (Wildman–Crippen MR) is 116 cm³/mol. The maximum absolute atomic E-state index is 13.0. The number of nitrogens with two attached hydrogens (primary N) is 1. The fraction of sp³-hybridized carbons (Fsp3) is 0.167. The predicted octanol–water partition coefficient (Wildman–Crippen LogP) is 5.54. The van der Waals surface area contributed by atoms with Crippen molar-refractivity contribution in [1.29, 1.82) is 0 Å². The minimum atomic E-state index is -0.502. The Morgan fingerprint density at radius 1 is 0.967 bits per heavy atom. The van der Waals surface area contributed by atoms with Crippen LogP contribution >= 0.6 is 11.6 Å². The van der Waals surface area contributed by atoms with Crippen molar-refractivity contribution in [3.63, 3.8) is 0 Å². The first-order chi connectivity index (χ1) is 14.4. The molecule has 0 heterocycles. The van der Waals surface area contributed by atoms with Crippen LogP contribution in [0.5, 0.6) is 17.2 Å².